The van der Waals surface area contributed by atoms with Crippen molar-refractivity contribution < 1.29 is 127 Å². The number of rotatable bonds is 53. The summed E-state index contributed by atoms with van der Waals surface area (Å²) in [7, 11) is 0. The van der Waals surface area contributed by atoms with Crippen LogP contribution in [0.2, 0.25) is 0 Å². The minimum Gasteiger partial charge on any atom is -0.508 e. The molecule has 1 aromatic heterocycles. The number of aliphatic carboxylic acids is 4. The highest BCUT2D eigenvalue weighted by molar-refractivity contribution is 7.80. The number of aliphatic hydroxyl groups excluding tert-OH is 1. The van der Waals surface area contributed by atoms with Gasteiger partial charge in [-0.3, -0.25) is 96.5 Å². The van der Waals surface area contributed by atoms with Crippen LogP contribution in [0.1, 0.15) is 142 Å². The predicted octanol–water partition coefficient (Wildman–Crippen LogP) is -8.64. The fourth-order valence-electron chi connectivity index (χ4n) is 13.1. The molecular formula is C74H112N22O26S. The smallest absolute Gasteiger partial charge is 0.326 e. The number of carbonyl (C=O) groups excluding carboxylic acids is 16. The number of hydrogen-bond acceptors (Lipinski definition) is 26. The van der Waals surface area contributed by atoms with E-state index in [1.807, 2.05) is 5.32 Å². The number of primary amides is 2. The van der Waals surface area contributed by atoms with E-state index in [0.29, 0.717) is 11.3 Å². The van der Waals surface area contributed by atoms with Crippen LogP contribution in [-0.2, 0) is 109 Å². The number of phenols is 1. The minimum atomic E-state index is -2.09. The Morgan fingerprint density at radius 2 is 0.967 bits per heavy atom. The number of amides is 16. The fourth-order valence-corrected chi connectivity index (χ4v) is 13.3. The minimum absolute atomic E-state index is 0.000107. The Labute approximate surface area is 709 Å². The molecular weight excluding hydrogens is 1650 g/mol. The molecule has 2 fully saturated rings. The van der Waals surface area contributed by atoms with Gasteiger partial charge in [-0.15, -0.1) is 0 Å². The lowest BCUT2D eigenvalue weighted by Crippen LogP contribution is -2.61. The van der Waals surface area contributed by atoms with Crippen molar-refractivity contribution in [2.24, 2.45) is 34.8 Å². The number of carboxylic acid groups (broad SMARTS) is 4. The number of hydrogen-bond donors (Lipinski definition) is 26. The molecule has 0 radical (unpaired) electrons. The van der Waals surface area contributed by atoms with E-state index >= 15 is 0 Å². The van der Waals surface area contributed by atoms with Crippen molar-refractivity contribution in [2.45, 2.75) is 234 Å². The molecule has 123 heavy (non-hydrogen) atoms. The van der Waals surface area contributed by atoms with Gasteiger partial charge in [0.15, 0.2) is 5.96 Å². The Bertz CT molecular complexity index is 4120. The molecule has 49 heteroatoms. The maximum Gasteiger partial charge on any atom is 0.326 e. The van der Waals surface area contributed by atoms with Gasteiger partial charge >= 0.3 is 23.9 Å². The molecule has 2 aromatic rings. The lowest BCUT2D eigenvalue weighted by molar-refractivity contribution is -0.147. The molecule has 0 saturated carbocycles. The zero-order valence-electron chi connectivity index (χ0n) is 68.3. The van der Waals surface area contributed by atoms with Gasteiger partial charge in [-0.1, -0.05) is 39.8 Å². The number of benzene rings is 1. The molecule has 0 aliphatic carbocycles. The largest absolute Gasteiger partial charge is 0.508 e. The number of nitrogens with two attached hydrogens (primary N) is 4. The normalized spacial score (nSPS) is 16.8. The molecule has 15 atom stereocenters. The highest BCUT2D eigenvalue weighted by atomic mass is 32.1. The summed E-state index contributed by atoms with van der Waals surface area (Å²) in [4.78, 5) is 277. The number of guanidine groups is 1. The number of imidazole rings is 1. The molecule has 2 aliphatic rings. The summed E-state index contributed by atoms with van der Waals surface area (Å²) in [5.74, 6) is -24.9. The molecule has 3 heterocycles. The number of H-pyrrole nitrogens is 1. The van der Waals surface area contributed by atoms with Crippen LogP contribution in [0, 0.1) is 17.2 Å². The number of carbonyl (C=O) groups is 20. The number of aliphatic hydroxyl groups is 1. The highest BCUT2D eigenvalue weighted by Crippen LogP contribution is 2.24. The van der Waals surface area contributed by atoms with E-state index in [4.69, 9.17) is 33.5 Å². The number of aromatic nitrogens is 2. The van der Waals surface area contributed by atoms with Crippen molar-refractivity contribution >= 4 is 137 Å². The third-order valence-electron chi connectivity index (χ3n) is 19.2. The van der Waals surface area contributed by atoms with E-state index < -0.39 is 267 Å². The third kappa shape index (κ3) is 35.4. The number of phenolic OH excluding ortho intramolecular Hbond substituents is 1. The Balaban J connectivity index is 1.53. The van der Waals surface area contributed by atoms with Crippen LogP contribution in [-0.4, -0.2) is 297 Å². The van der Waals surface area contributed by atoms with Gasteiger partial charge in [0.1, 0.15) is 84.3 Å². The number of carboxylic acids is 4. The van der Waals surface area contributed by atoms with Crippen LogP contribution >= 0.6 is 12.6 Å². The maximum atomic E-state index is 14.9. The maximum absolute atomic E-state index is 14.9. The molecule has 48 nitrogen and oxygen atoms in total. The topological polar surface area (TPSA) is 782 Å². The lowest BCUT2D eigenvalue weighted by Gasteiger charge is -2.32. The second-order valence-electron chi connectivity index (χ2n) is 30.3. The van der Waals surface area contributed by atoms with Gasteiger partial charge in [0.05, 0.1) is 44.3 Å². The Morgan fingerprint density at radius 3 is 1.46 bits per heavy atom. The SMILES string of the molecule is CC(C)C[C@H](NC(=O)[C@H](CS)NC(=O)CNC(=O)[C@H](Cc1ccc(O)cc1)NC(=O)[C@H](Cc1cnc[nH]1)NC(=O)[C@@H](N)CC(N)=O)C(=O)N[C@@H](CC(C)C)C(=O)N1CCC[C@H]1C(=O)N[C@@H](CCCNC(=N)N)C(=O)N[C@@H](CC(N)=O)C(=O)N1CCC[C@H]1C(=O)N[C@@H](CCC(=O)O)C(=O)N[C@H](C(=O)N[C@@H](CCC(=O)O)C(=O)N[C@@H](CC(=O)O)C(=O)O)[C@@H](C)O. The molecule has 29 N–H and O–H groups in total. The summed E-state index contributed by atoms with van der Waals surface area (Å²) in [6.07, 6.45) is -5.74. The fraction of sp³-hybridized carbons (Fsp3) is 0.595. The zero-order chi connectivity index (χ0) is 92.2. The van der Waals surface area contributed by atoms with E-state index in [1.165, 1.54) is 41.7 Å². The van der Waals surface area contributed by atoms with Crippen molar-refractivity contribution in [2.75, 3.05) is 31.9 Å². The first-order chi connectivity index (χ1) is 57.8. The van der Waals surface area contributed by atoms with Crippen molar-refractivity contribution in [3.8, 4) is 5.75 Å². The predicted molar refractivity (Wildman–Crippen MR) is 431 cm³/mol. The van der Waals surface area contributed by atoms with Crippen LogP contribution in [0.15, 0.2) is 36.8 Å². The average Bonchev–Trinajstić information content (AvgIpc) is 1.73. The number of nitrogens with one attached hydrogen (secondary N) is 15. The second-order valence-corrected chi connectivity index (χ2v) is 30.7. The lowest BCUT2D eigenvalue weighted by atomic mass is 9.99. The molecule has 680 valence electrons. The monoisotopic (exact) mass is 1760 g/mol. The molecule has 0 bridgehead atoms. The first-order valence-corrected chi connectivity index (χ1v) is 40.0. The summed E-state index contributed by atoms with van der Waals surface area (Å²) < 4.78 is 0. The second kappa shape index (κ2) is 50.4. The van der Waals surface area contributed by atoms with E-state index in [0.717, 1.165) is 11.8 Å². The Kier molecular flexibility index (Phi) is 42.0. The summed E-state index contributed by atoms with van der Waals surface area (Å²) in [5.41, 5.74) is 23.0. The first-order valence-electron chi connectivity index (χ1n) is 39.3. The van der Waals surface area contributed by atoms with Gasteiger partial charge in [-0.2, -0.15) is 12.6 Å². The summed E-state index contributed by atoms with van der Waals surface area (Å²) in [6, 6.07) is -17.5. The molecule has 0 unspecified atom stereocenters. The van der Waals surface area contributed by atoms with E-state index in [-0.39, 0.29) is 107 Å². The summed E-state index contributed by atoms with van der Waals surface area (Å²) in [6.45, 7) is 6.71. The third-order valence-corrected chi connectivity index (χ3v) is 19.6. The Hall–Kier alpha value is -12.8. The van der Waals surface area contributed by atoms with Crippen LogP contribution in [0.3, 0.4) is 0 Å². The molecule has 1 aromatic carbocycles. The summed E-state index contributed by atoms with van der Waals surface area (Å²) in [5, 5.41) is 97.1. The number of likely N-dealkylation sites (tertiary alicyclic amines) is 2. The van der Waals surface area contributed by atoms with E-state index in [2.05, 4.69) is 86.4 Å². The number of thiol groups is 1. The molecule has 2 saturated heterocycles. The van der Waals surface area contributed by atoms with Crippen molar-refractivity contribution in [1.29, 1.82) is 5.41 Å². The Morgan fingerprint density at radius 1 is 0.512 bits per heavy atom. The van der Waals surface area contributed by atoms with Gasteiger partial charge in [0.25, 0.3) is 0 Å². The summed E-state index contributed by atoms with van der Waals surface area (Å²) >= 11 is 4.27. The standard InChI is InChI=1S/C74H112N22O26S/c1-34(2)23-44(89-67(115)50(32-123)84-55(101)31-82-61(109)45(25-37-12-14-39(98)15-13-37)90-66(114)46(26-38-30-80-33-83-38)88-60(108)40(75)27-53(76)99)65(113)91-47(24-35(3)4)71(119)95-21-7-10-51(95)68(116)85-41(9-6-20-81-74(78)79)62(110)92-48(28-54(77)100)72(120)96-22-8-11-52(96)69(117)86-43(17-19-57(104)105)64(112)94-59(36(5)97)70(118)87-42(16-18-56(102)103)63(111)93-49(73(121)122)29-58(106)107/h12-15,30,33-36,40-52,59,97-98,123H,6-11,16-29,31-32,75H2,1-5H3,(H2,76,99)(H2,77,100)(H,80,83)(H,82,109)(H,84,101)(H,85,116)(H,86,117)(H,87,118)(H,88,108)(H,89,115)(H,90,114)(H,91,113)(H,92,110)(H,93,111)(H,94,112)(H,102,103)(H,104,105)(H,106,107)(H,121,122)(H4,78,79,81)/t36-,40+,41+,42+,43+,44+,45+,46+,47+,48+,49+,50+,51+,52+,59+/m1/s1. The van der Waals surface area contributed by atoms with Gasteiger partial charge in [0.2, 0.25) is 94.5 Å². The molecule has 16 amide bonds. The van der Waals surface area contributed by atoms with E-state index in [9.17, 15) is 121 Å². The van der Waals surface area contributed by atoms with Gasteiger partial charge in [0, 0.05) is 63.0 Å². The van der Waals surface area contributed by atoms with Gasteiger partial charge in [-0.25, -0.2) is 9.78 Å². The number of nitrogens with zero attached hydrogens (tertiary/aromatic N) is 3. The quantitative estimate of drug-likeness (QED) is 0.0127. The zero-order valence-corrected chi connectivity index (χ0v) is 69.2. The molecule has 2 aliphatic heterocycles. The van der Waals surface area contributed by atoms with Crippen molar-refractivity contribution in [1.82, 2.24) is 88.9 Å². The van der Waals surface area contributed by atoms with Crippen LogP contribution in [0.4, 0.5) is 0 Å². The first kappa shape index (κ1) is 103. The van der Waals surface area contributed by atoms with Crippen LogP contribution in [0.5, 0.6) is 5.75 Å². The molecule has 0 spiro atoms. The average molecular weight is 1760 g/mol. The van der Waals surface area contributed by atoms with Crippen LogP contribution < -0.4 is 92.1 Å². The van der Waals surface area contributed by atoms with Crippen molar-refractivity contribution in [3.05, 3.63) is 48.0 Å². The number of aromatic hydroxyl groups is 1. The van der Waals surface area contributed by atoms with E-state index in [1.54, 1.807) is 27.7 Å². The molecule has 4 rings (SSSR count). The van der Waals surface area contributed by atoms with Crippen molar-refractivity contribution in [3.63, 3.8) is 0 Å². The van der Waals surface area contributed by atoms with Gasteiger partial charge in [-0.05, 0) is 101 Å². The highest BCUT2D eigenvalue weighted by Gasteiger charge is 2.44. The number of aromatic amines is 1. The van der Waals surface area contributed by atoms with Crippen LogP contribution in [0.25, 0.3) is 0 Å². The van der Waals surface area contributed by atoms with Gasteiger partial charge < -0.3 is 137 Å².